The van der Waals surface area contributed by atoms with E-state index in [2.05, 4.69) is 5.32 Å². The molecule has 128 valence electrons. The maximum Gasteiger partial charge on any atom is 0.325 e. The fraction of sp³-hybridized carbons (Fsp3) is 0.471. The number of urea groups is 1. The van der Waals surface area contributed by atoms with E-state index in [1.54, 1.807) is 29.2 Å². The van der Waals surface area contributed by atoms with Gasteiger partial charge in [0, 0.05) is 18.1 Å². The van der Waals surface area contributed by atoms with Crippen LogP contribution in [0.2, 0.25) is 5.02 Å². The van der Waals surface area contributed by atoms with E-state index < -0.39 is 11.6 Å². The quantitative estimate of drug-likeness (QED) is 0.846. The standard InChI is InChI=1S/C17H20ClN3O3/c1-2-17(12-5-7-13(18)8-6-12)15(23)21(16(24)19-17)11-14(22)20-9-3-4-10-20/h5-8H,2-4,9-11H2,1H3,(H,19,24)/t17-/m1/s1. The van der Waals surface area contributed by atoms with Crippen LogP contribution in [-0.2, 0) is 15.1 Å². The molecule has 0 unspecified atom stereocenters. The van der Waals surface area contributed by atoms with Crippen molar-refractivity contribution in [1.82, 2.24) is 15.1 Å². The van der Waals surface area contributed by atoms with Gasteiger partial charge in [0.2, 0.25) is 5.91 Å². The van der Waals surface area contributed by atoms with E-state index >= 15 is 0 Å². The first kappa shape index (κ1) is 16.8. The second-order valence-electron chi connectivity index (χ2n) is 6.18. The molecule has 1 aromatic carbocycles. The van der Waals surface area contributed by atoms with Gasteiger partial charge in [0.15, 0.2) is 0 Å². The van der Waals surface area contributed by atoms with Crippen molar-refractivity contribution in [1.29, 1.82) is 0 Å². The fourth-order valence-electron chi connectivity index (χ4n) is 3.35. The van der Waals surface area contributed by atoms with Gasteiger partial charge in [0.1, 0.15) is 12.1 Å². The molecule has 0 radical (unpaired) electrons. The van der Waals surface area contributed by atoms with Crippen molar-refractivity contribution in [3.05, 3.63) is 34.9 Å². The first-order valence-corrected chi connectivity index (χ1v) is 8.53. The van der Waals surface area contributed by atoms with Gasteiger partial charge in [-0.15, -0.1) is 0 Å². The van der Waals surface area contributed by atoms with Crippen LogP contribution in [0.5, 0.6) is 0 Å². The molecule has 0 saturated carbocycles. The summed E-state index contributed by atoms with van der Waals surface area (Å²) < 4.78 is 0. The lowest BCUT2D eigenvalue weighted by molar-refractivity contribution is -0.138. The van der Waals surface area contributed by atoms with E-state index in [4.69, 9.17) is 11.6 Å². The molecule has 0 spiro atoms. The number of nitrogens with zero attached hydrogens (tertiary/aromatic N) is 2. The minimum atomic E-state index is -1.13. The van der Waals surface area contributed by atoms with E-state index in [1.807, 2.05) is 6.92 Å². The number of amides is 4. The maximum absolute atomic E-state index is 12.9. The van der Waals surface area contributed by atoms with Gasteiger partial charge in [-0.3, -0.25) is 14.5 Å². The smallest absolute Gasteiger partial charge is 0.325 e. The Labute approximate surface area is 145 Å². The molecule has 3 rings (SSSR count). The Morgan fingerprint density at radius 3 is 2.42 bits per heavy atom. The van der Waals surface area contributed by atoms with Gasteiger partial charge in [-0.25, -0.2) is 4.79 Å². The number of benzene rings is 1. The number of likely N-dealkylation sites (tertiary alicyclic amines) is 1. The zero-order valence-electron chi connectivity index (χ0n) is 13.5. The van der Waals surface area contributed by atoms with Crippen LogP contribution in [0.1, 0.15) is 31.7 Å². The number of carbonyl (C=O) groups is 3. The lowest BCUT2D eigenvalue weighted by atomic mass is 9.87. The summed E-state index contributed by atoms with van der Waals surface area (Å²) in [5.74, 6) is -0.566. The zero-order valence-corrected chi connectivity index (χ0v) is 14.3. The normalized spacial score (nSPS) is 23.8. The number of carbonyl (C=O) groups excluding carboxylic acids is 3. The average molecular weight is 350 g/mol. The lowest BCUT2D eigenvalue weighted by Gasteiger charge is -2.26. The number of imide groups is 1. The molecule has 0 aliphatic carbocycles. The molecular formula is C17H20ClN3O3. The summed E-state index contributed by atoms with van der Waals surface area (Å²) in [6, 6.07) is 6.31. The zero-order chi connectivity index (χ0) is 17.3. The Morgan fingerprint density at radius 1 is 1.21 bits per heavy atom. The van der Waals surface area contributed by atoms with E-state index in [1.165, 1.54) is 0 Å². The molecule has 2 fully saturated rings. The summed E-state index contributed by atoms with van der Waals surface area (Å²) in [7, 11) is 0. The predicted octanol–water partition coefficient (Wildman–Crippen LogP) is 2.12. The van der Waals surface area contributed by atoms with Crippen molar-refractivity contribution in [2.45, 2.75) is 31.7 Å². The molecule has 2 saturated heterocycles. The number of hydrogen-bond donors (Lipinski definition) is 1. The molecular weight excluding hydrogens is 330 g/mol. The summed E-state index contributed by atoms with van der Waals surface area (Å²) in [6.07, 6.45) is 2.33. The van der Waals surface area contributed by atoms with Crippen molar-refractivity contribution in [3.8, 4) is 0 Å². The molecule has 4 amide bonds. The van der Waals surface area contributed by atoms with Crippen molar-refractivity contribution >= 4 is 29.4 Å². The lowest BCUT2D eigenvalue weighted by Crippen LogP contribution is -2.45. The first-order chi connectivity index (χ1) is 11.5. The highest BCUT2D eigenvalue weighted by Crippen LogP contribution is 2.33. The van der Waals surface area contributed by atoms with Crippen molar-refractivity contribution in [2.24, 2.45) is 0 Å². The number of nitrogens with one attached hydrogen (secondary N) is 1. The summed E-state index contributed by atoms with van der Waals surface area (Å²) >= 11 is 5.91. The minimum Gasteiger partial charge on any atom is -0.341 e. The van der Waals surface area contributed by atoms with Crippen LogP contribution in [0, 0.1) is 0 Å². The molecule has 0 bridgehead atoms. The number of halogens is 1. The van der Waals surface area contributed by atoms with Crippen molar-refractivity contribution in [2.75, 3.05) is 19.6 Å². The van der Waals surface area contributed by atoms with E-state index in [0.717, 1.165) is 17.7 Å². The van der Waals surface area contributed by atoms with Crippen LogP contribution in [0.3, 0.4) is 0 Å². The second-order valence-corrected chi connectivity index (χ2v) is 6.61. The third kappa shape index (κ3) is 2.75. The second kappa shape index (κ2) is 6.43. The third-order valence-corrected chi connectivity index (χ3v) is 5.05. The van der Waals surface area contributed by atoms with Gasteiger partial charge in [-0.1, -0.05) is 30.7 Å². The molecule has 2 aliphatic heterocycles. The third-order valence-electron chi connectivity index (χ3n) is 4.80. The van der Waals surface area contributed by atoms with Gasteiger partial charge in [0.25, 0.3) is 5.91 Å². The molecule has 0 aromatic heterocycles. The highest BCUT2D eigenvalue weighted by Gasteiger charge is 2.51. The highest BCUT2D eigenvalue weighted by molar-refractivity contribution is 6.30. The largest absolute Gasteiger partial charge is 0.341 e. The summed E-state index contributed by atoms with van der Waals surface area (Å²) in [6.45, 7) is 3.01. The molecule has 1 N–H and O–H groups in total. The Kier molecular flexibility index (Phi) is 4.49. The maximum atomic E-state index is 12.9. The van der Waals surface area contributed by atoms with Gasteiger partial charge < -0.3 is 10.2 Å². The minimum absolute atomic E-state index is 0.181. The number of hydrogen-bond acceptors (Lipinski definition) is 3. The van der Waals surface area contributed by atoms with Gasteiger partial charge >= 0.3 is 6.03 Å². The monoisotopic (exact) mass is 349 g/mol. The molecule has 7 heteroatoms. The summed E-state index contributed by atoms with van der Waals surface area (Å²) in [5, 5.41) is 3.33. The average Bonchev–Trinajstić information content (AvgIpc) is 3.19. The fourth-order valence-corrected chi connectivity index (χ4v) is 3.47. The van der Waals surface area contributed by atoms with Gasteiger partial charge in [-0.05, 0) is 37.0 Å². The van der Waals surface area contributed by atoms with Crippen LogP contribution in [0.25, 0.3) is 0 Å². The van der Waals surface area contributed by atoms with Gasteiger partial charge in [-0.2, -0.15) is 0 Å². The Hall–Kier alpha value is -2.08. The van der Waals surface area contributed by atoms with Crippen molar-refractivity contribution in [3.63, 3.8) is 0 Å². The van der Waals surface area contributed by atoms with Crippen LogP contribution >= 0.6 is 11.6 Å². The van der Waals surface area contributed by atoms with Gasteiger partial charge in [0.05, 0.1) is 0 Å². The molecule has 2 heterocycles. The summed E-state index contributed by atoms with van der Waals surface area (Å²) in [4.78, 5) is 40.3. The molecule has 6 nitrogen and oxygen atoms in total. The van der Waals surface area contributed by atoms with Crippen molar-refractivity contribution < 1.29 is 14.4 Å². The Morgan fingerprint density at radius 2 is 1.83 bits per heavy atom. The van der Waals surface area contributed by atoms with Crippen LogP contribution in [0.4, 0.5) is 4.79 Å². The van der Waals surface area contributed by atoms with E-state index in [9.17, 15) is 14.4 Å². The van der Waals surface area contributed by atoms with E-state index in [0.29, 0.717) is 30.1 Å². The molecule has 2 aliphatic rings. The van der Waals surface area contributed by atoms with E-state index in [-0.39, 0.29) is 18.4 Å². The summed E-state index contributed by atoms with van der Waals surface area (Å²) in [5.41, 5.74) is -0.462. The predicted molar refractivity (Wildman–Crippen MR) is 89.5 cm³/mol. The van der Waals surface area contributed by atoms with Crippen LogP contribution in [0.15, 0.2) is 24.3 Å². The SMILES string of the molecule is CC[C@]1(c2ccc(Cl)cc2)NC(=O)N(CC(=O)N2CCCC2)C1=O. The molecule has 1 aromatic rings. The molecule has 24 heavy (non-hydrogen) atoms. The Bertz CT molecular complexity index is 670. The van der Waals surface area contributed by atoms with Crippen LogP contribution < -0.4 is 5.32 Å². The Balaban J connectivity index is 1.83. The van der Waals surface area contributed by atoms with Crippen LogP contribution in [-0.4, -0.2) is 47.3 Å². The number of rotatable bonds is 4. The first-order valence-electron chi connectivity index (χ1n) is 8.16. The topological polar surface area (TPSA) is 69.7 Å². The molecule has 1 atom stereocenters. The highest BCUT2D eigenvalue weighted by atomic mass is 35.5.